The van der Waals surface area contributed by atoms with Crippen molar-refractivity contribution in [3.63, 3.8) is 0 Å². The molecule has 2 aromatic carbocycles. The second-order valence-corrected chi connectivity index (χ2v) is 6.47. The second-order valence-electron chi connectivity index (χ2n) is 6.47. The molecular formula is C21H22. The zero-order valence-corrected chi connectivity index (χ0v) is 12.5. The van der Waals surface area contributed by atoms with Crippen molar-refractivity contribution in [2.24, 2.45) is 5.92 Å². The average Bonchev–Trinajstić information content (AvgIpc) is 2.72. The molecule has 2 aromatic rings. The molecule has 0 atom stereocenters. The van der Waals surface area contributed by atoms with Crippen LogP contribution >= 0.6 is 0 Å². The van der Waals surface area contributed by atoms with Crippen LogP contribution in [0.3, 0.4) is 0 Å². The van der Waals surface area contributed by atoms with Crippen LogP contribution in [0.4, 0.5) is 0 Å². The van der Waals surface area contributed by atoms with E-state index in [1.165, 1.54) is 54.4 Å². The summed E-state index contributed by atoms with van der Waals surface area (Å²) < 4.78 is 0. The van der Waals surface area contributed by atoms with Crippen molar-refractivity contribution in [1.82, 2.24) is 0 Å². The molecule has 2 aliphatic rings. The van der Waals surface area contributed by atoms with Crippen molar-refractivity contribution in [2.75, 3.05) is 0 Å². The number of benzene rings is 2. The van der Waals surface area contributed by atoms with Crippen LogP contribution in [0.1, 0.15) is 60.3 Å². The molecule has 106 valence electrons. The highest BCUT2D eigenvalue weighted by atomic mass is 14.3. The molecule has 0 bridgehead atoms. The lowest BCUT2D eigenvalue weighted by Crippen LogP contribution is -2.18. The minimum atomic E-state index is 0.577. The van der Waals surface area contributed by atoms with Crippen molar-refractivity contribution in [3.05, 3.63) is 70.8 Å². The van der Waals surface area contributed by atoms with Crippen LogP contribution in [0.25, 0.3) is 12.2 Å². The van der Waals surface area contributed by atoms with Crippen LogP contribution in [0.15, 0.2) is 48.5 Å². The molecule has 1 fully saturated rings. The quantitative estimate of drug-likeness (QED) is 0.609. The van der Waals surface area contributed by atoms with Gasteiger partial charge in [0, 0.05) is 5.92 Å². The Kier molecular flexibility index (Phi) is 3.39. The summed E-state index contributed by atoms with van der Waals surface area (Å²) >= 11 is 0. The maximum Gasteiger partial charge on any atom is 0.0129 e. The lowest BCUT2D eigenvalue weighted by molar-refractivity contribution is 0.327. The molecule has 0 aromatic heterocycles. The third-order valence-electron chi connectivity index (χ3n) is 5.23. The first-order valence-electron chi connectivity index (χ1n) is 8.29. The summed E-state index contributed by atoms with van der Waals surface area (Å²) in [6.07, 6.45) is 11.6. The Morgan fingerprint density at radius 1 is 0.619 bits per heavy atom. The van der Waals surface area contributed by atoms with E-state index < -0.39 is 0 Å². The smallest absolute Gasteiger partial charge is 0.0129 e. The van der Waals surface area contributed by atoms with Gasteiger partial charge in [0.1, 0.15) is 0 Å². The van der Waals surface area contributed by atoms with Crippen LogP contribution in [-0.4, -0.2) is 0 Å². The van der Waals surface area contributed by atoms with E-state index in [0.717, 1.165) is 5.92 Å². The van der Waals surface area contributed by atoms with E-state index in [1.54, 1.807) is 0 Å². The Morgan fingerprint density at radius 3 is 1.71 bits per heavy atom. The van der Waals surface area contributed by atoms with Crippen molar-refractivity contribution >= 4 is 12.2 Å². The molecule has 0 nitrogen and oxygen atoms in total. The highest BCUT2D eigenvalue weighted by Gasteiger charge is 2.29. The molecular weight excluding hydrogens is 252 g/mol. The van der Waals surface area contributed by atoms with E-state index in [-0.39, 0.29) is 0 Å². The van der Waals surface area contributed by atoms with Gasteiger partial charge >= 0.3 is 0 Å². The fourth-order valence-corrected chi connectivity index (χ4v) is 4.21. The van der Waals surface area contributed by atoms with E-state index in [1.807, 2.05) is 0 Å². The first kappa shape index (κ1) is 12.9. The summed E-state index contributed by atoms with van der Waals surface area (Å²) in [4.78, 5) is 0. The molecule has 0 heterocycles. The fourth-order valence-electron chi connectivity index (χ4n) is 4.21. The van der Waals surface area contributed by atoms with Gasteiger partial charge in [-0.05, 0) is 41.0 Å². The van der Waals surface area contributed by atoms with Gasteiger partial charge in [0.05, 0.1) is 0 Å². The average molecular weight is 274 g/mol. The van der Waals surface area contributed by atoms with Crippen molar-refractivity contribution in [3.8, 4) is 0 Å². The van der Waals surface area contributed by atoms with Gasteiger partial charge < -0.3 is 0 Å². The first-order valence-corrected chi connectivity index (χ1v) is 8.29. The molecule has 0 N–H and O–H groups in total. The zero-order chi connectivity index (χ0) is 14.1. The fraction of sp³-hybridized carbons (Fsp3) is 0.333. The van der Waals surface area contributed by atoms with Gasteiger partial charge in [-0.1, -0.05) is 79.9 Å². The van der Waals surface area contributed by atoms with Crippen LogP contribution in [-0.2, 0) is 0 Å². The van der Waals surface area contributed by atoms with Crippen LogP contribution in [0.2, 0.25) is 0 Å². The van der Waals surface area contributed by atoms with Gasteiger partial charge in [-0.25, -0.2) is 0 Å². The van der Waals surface area contributed by atoms with Gasteiger partial charge in [0.15, 0.2) is 0 Å². The Hall–Kier alpha value is -1.82. The maximum atomic E-state index is 2.35. The zero-order valence-electron chi connectivity index (χ0n) is 12.5. The number of hydrogen-bond acceptors (Lipinski definition) is 0. The highest BCUT2D eigenvalue weighted by molar-refractivity contribution is 5.76. The summed E-state index contributed by atoms with van der Waals surface area (Å²) in [6.45, 7) is 0. The number of rotatable bonds is 1. The van der Waals surface area contributed by atoms with E-state index in [4.69, 9.17) is 0 Å². The summed E-state index contributed by atoms with van der Waals surface area (Å²) in [5.41, 5.74) is 5.88. The molecule has 0 amide bonds. The Bertz CT molecular complexity index is 610. The van der Waals surface area contributed by atoms with Gasteiger partial charge in [0.2, 0.25) is 0 Å². The van der Waals surface area contributed by atoms with Crippen molar-refractivity contribution in [1.29, 1.82) is 0 Å². The molecule has 0 aliphatic heterocycles. The molecule has 0 saturated heterocycles. The monoisotopic (exact) mass is 274 g/mol. The minimum Gasteiger partial charge on any atom is -0.0619 e. The number of fused-ring (bicyclic) bond motifs is 2. The molecule has 1 saturated carbocycles. The normalized spacial score (nSPS) is 18.9. The van der Waals surface area contributed by atoms with Crippen molar-refractivity contribution in [2.45, 2.75) is 38.0 Å². The third kappa shape index (κ3) is 2.33. The molecule has 0 unspecified atom stereocenters. The molecule has 4 rings (SSSR count). The minimum absolute atomic E-state index is 0.577. The summed E-state index contributed by atoms with van der Waals surface area (Å²) in [5, 5.41) is 0. The van der Waals surface area contributed by atoms with Crippen LogP contribution < -0.4 is 0 Å². The maximum absolute atomic E-state index is 2.35. The predicted octanol–water partition coefficient (Wildman–Crippen LogP) is 5.88. The highest BCUT2D eigenvalue weighted by Crippen LogP contribution is 2.44. The van der Waals surface area contributed by atoms with Crippen LogP contribution in [0.5, 0.6) is 0 Å². The van der Waals surface area contributed by atoms with E-state index in [9.17, 15) is 0 Å². The lowest BCUT2D eigenvalue weighted by Gasteiger charge is -2.32. The Morgan fingerprint density at radius 2 is 1.14 bits per heavy atom. The summed E-state index contributed by atoms with van der Waals surface area (Å²) in [6, 6.07) is 18.0. The van der Waals surface area contributed by atoms with Gasteiger partial charge in [-0.2, -0.15) is 0 Å². The van der Waals surface area contributed by atoms with Gasteiger partial charge in [-0.3, -0.25) is 0 Å². The largest absolute Gasteiger partial charge is 0.0619 e. The Balaban J connectivity index is 1.88. The third-order valence-corrected chi connectivity index (χ3v) is 5.23. The van der Waals surface area contributed by atoms with Crippen LogP contribution in [0, 0.1) is 5.92 Å². The lowest BCUT2D eigenvalue weighted by atomic mass is 9.72. The predicted molar refractivity (Wildman–Crippen MR) is 90.2 cm³/mol. The molecule has 0 radical (unpaired) electrons. The number of hydrogen-bond donors (Lipinski definition) is 0. The molecule has 2 aliphatic carbocycles. The topological polar surface area (TPSA) is 0 Å². The summed E-state index contributed by atoms with van der Waals surface area (Å²) in [5.74, 6) is 1.38. The van der Waals surface area contributed by atoms with E-state index in [0.29, 0.717) is 5.92 Å². The molecule has 21 heavy (non-hydrogen) atoms. The second kappa shape index (κ2) is 5.52. The van der Waals surface area contributed by atoms with Gasteiger partial charge in [-0.15, -0.1) is 0 Å². The SMILES string of the molecule is C1=Cc2ccccc2C(C2CCCCC2)c2ccccc21. The molecule has 0 heteroatoms. The van der Waals surface area contributed by atoms with Crippen molar-refractivity contribution < 1.29 is 0 Å². The first-order chi connectivity index (χ1) is 10.4. The Labute approximate surface area is 127 Å². The molecule has 0 spiro atoms. The van der Waals surface area contributed by atoms with E-state index >= 15 is 0 Å². The standard InChI is InChI=1S/C21H22/c1-2-10-18(11-3-1)21-19-12-6-4-8-16(19)14-15-17-9-5-7-13-20(17)21/h4-9,12-15,18,21H,1-3,10-11H2. The van der Waals surface area contributed by atoms with Gasteiger partial charge in [0.25, 0.3) is 0 Å². The van der Waals surface area contributed by atoms with E-state index in [2.05, 4.69) is 60.7 Å². The summed E-state index contributed by atoms with van der Waals surface area (Å²) in [7, 11) is 0.